The fraction of sp³-hybridized carbons (Fsp3) is 0.176. The molecule has 0 saturated heterocycles. The molecule has 2 aromatic carbocycles. The van der Waals surface area contributed by atoms with Gasteiger partial charge in [-0.3, -0.25) is 0 Å². The van der Waals surface area contributed by atoms with Gasteiger partial charge < -0.3 is 15.0 Å². The van der Waals surface area contributed by atoms with Gasteiger partial charge in [0.2, 0.25) is 0 Å². The molecule has 0 unspecified atom stereocenters. The number of H-pyrrole nitrogens is 1. The smallest absolute Gasteiger partial charge is 0.123 e. The molecule has 1 aromatic heterocycles. The Morgan fingerprint density at radius 2 is 1.85 bits per heavy atom. The molecule has 2 N–H and O–H groups in total. The number of methoxy groups -OCH3 is 1. The van der Waals surface area contributed by atoms with Crippen molar-refractivity contribution in [1.82, 2.24) is 10.3 Å². The monoisotopic (exact) mass is 266 g/mol. The molecule has 0 atom stereocenters. The maximum absolute atomic E-state index is 5.40. The molecule has 3 heteroatoms. The maximum atomic E-state index is 5.40. The van der Waals surface area contributed by atoms with Crippen LogP contribution in [0.2, 0.25) is 0 Å². The number of aromatic nitrogens is 1. The summed E-state index contributed by atoms with van der Waals surface area (Å²) in [6, 6.07) is 14.9. The molecule has 0 saturated carbocycles. The topological polar surface area (TPSA) is 37.0 Å². The molecule has 0 aliphatic heterocycles. The standard InChI is InChI=1S/C17H18N2O/c1-18-11-15-10-13(4-6-17(15)20-2)12-3-5-16-14(9-12)7-8-19-16/h3-10,18-19H,11H2,1-2H3. The summed E-state index contributed by atoms with van der Waals surface area (Å²) >= 11 is 0. The lowest BCUT2D eigenvalue weighted by atomic mass is 10.0. The Morgan fingerprint density at radius 3 is 2.65 bits per heavy atom. The van der Waals surface area contributed by atoms with Crippen LogP contribution in [0.1, 0.15) is 5.56 Å². The third-order valence-corrected chi connectivity index (χ3v) is 3.53. The number of nitrogens with one attached hydrogen (secondary N) is 2. The van der Waals surface area contributed by atoms with Crippen molar-refractivity contribution in [1.29, 1.82) is 0 Å². The van der Waals surface area contributed by atoms with Crippen molar-refractivity contribution in [2.45, 2.75) is 6.54 Å². The van der Waals surface area contributed by atoms with Gasteiger partial charge >= 0.3 is 0 Å². The minimum Gasteiger partial charge on any atom is -0.496 e. The molecule has 1 heterocycles. The van der Waals surface area contributed by atoms with E-state index in [1.54, 1.807) is 7.11 Å². The van der Waals surface area contributed by atoms with Gasteiger partial charge in [0.25, 0.3) is 0 Å². The van der Waals surface area contributed by atoms with Crippen molar-refractivity contribution >= 4 is 10.9 Å². The van der Waals surface area contributed by atoms with Crippen LogP contribution in [0.4, 0.5) is 0 Å². The summed E-state index contributed by atoms with van der Waals surface area (Å²) in [5.41, 5.74) is 4.76. The highest BCUT2D eigenvalue weighted by Crippen LogP contribution is 2.28. The summed E-state index contributed by atoms with van der Waals surface area (Å²) in [5, 5.41) is 4.41. The van der Waals surface area contributed by atoms with E-state index in [9.17, 15) is 0 Å². The van der Waals surface area contributed by atoms with Gasteiger partial charge in [-0.2, -0.15) is 0 Å². The Bertz CT molecular complexity index is 731. The molecule has 20 heavy (non-hydrogen) atoms. The quantitative estimate of drug-likeness (QED) is 0.757. The minimum absolute atomic E-state index is 0.795. The SMILES string of the molecule is CNCc1cc(-c2ccc3[nH]ccc3c2)ccc1OC. The number of ether oxygens (including phenoxy) is 1. The number of hydrogen-bond donors (Lipinski definition) is 2. The Kier molecular flexibility index (Phi) is 3.44. The summed E-state index contributed by atoms with van der Waals surface area (Å²) < 4.78 is 5.40. The van der Waals surface area contributed by atoms with Gasteiger partial charge in [0.05, 0.1) is 7.11 Å². The van der Waals surface area contributed by atoms with Crippen molar-refractivity contribution in [2.75, 3.05) is 14.2 Å². The second-order valence-corrected chi connectivity index (χ2v) is 4.84. The van der Waals surface area contributed by atoms with Crippen LogP contribution in [0, 0.1) is 0 Å². The molecule has 0 spiro atoms. The minimum atomic E-state index is 0.795. The zero-order valence-electron chi connectivity index (χ0n) is 11.7. The van der Waals surface area contributed by atoms with Crippen LogP contribution < -0.4 is 10.1 Å². The van der Waals surface area contributed by atoms with Gasteiger partial charge in [0.15, 0.2) is 0 Å². The summed E-state index contributed by atoms with van der Waals surface area (Å²) in [5.74, 6) is 0.922. The van der Waals surface area contributed by atoms with Crippen molar-refractivity contribution in [3.05, 3.63) is 54.2 Å². The highest BCUT2D eigenvalue weighted by Gasteiger charge is 2.06. The summed E-state index contributed by atoms with van der Waals surface area (Å²) in [6.07, 6.45) is 1.97. The first-order valence-electron chi connectivity index (χ1n) is 6.71. The normalized spacial score (nSPS) is 10.9. The molecule has 0 radical (unpaired) electrons. The van der Waals surface area contributed by atoms with Gasteiger partial charge in [-0.1, -0.05) is 12.1 Å². The molecule has 0 fully saturated rings. The van der Waals surface area contributed by atoms with Gasteiger partial charge in [-0.15, -0.1) is 0 Å². The van der Waals surface area contributed by atoms with Crippen molar-refractivity contribution in [2.24, 2.45) is 0 Å². The second kappa shape index (κ2) is 5.39. The fourth-order valence-electron chi connectivity index (χ4n) is 2.52. The number of fused-ring (bicyclic) bond motifs is 1. The highest BCUT2D eigenvalue weighted by molar-refractivity contribution is 5.85. The Balaban J connectivity index is 2.06. The largest absolute Gasteiger partial charge is 0.496 e. The fourth-order valence-corrected chi connectivity index (χ4v) is 2.52. The van der Waals surface area contributed by atoms with Crippen LogP contribution in [0.3, 0.4) is 0 Å². The molecular weight excluding hydrogens is 248 g/mol. The van der Waals surface area contributed by atoms with E-state index in [2.05, 4.69) is 46.7 Å². The zero-order valence-corrected chi connectivity index (χ0v) is 11.7. The van der Waals surface area contributed by atoms with Crippen molar-refractivity contribution in [3.8, 4) is 16.9 Å². The lowest BCUT2D eigenvalue weighted by Gasteiger charge is -2.11. The highest BCUT2D eigenvalue weighted by atomic mass is 16.5. The van der Waals surface area contributed by atoms with E-state index in [1.165, 1.54) is 22.1 Å². The number of aromatic amines is 1. The molecule has 0 aliphatic rings. The van der Waals surface area contributed by atoms with Gasteiger partial charge in [-0.05, 0) is 53.9 Å². The van der Waals surface area contributed by atoms with E-state index in [-0.39, 0.29) is 0 Å². The first-order chi connectivity index (χ1) is 9.81. The summed E-state index contributed by atoms with van der Waals surface area (Å²) in [4.78, 5) is 3.22. The summed E-state index contributed by atoms with van der Waals surface area (Å²) in [6.45, 7) is 0.795. The average Bonchev–Trinajstić information content (AvgIpc) is 2.95. The molecule has 0 aliphatic carbocycles. The van der Waals surface area contributed by atoms with Crippen LogP contribution in [0.5, 0.6) is 5.75 Å². The van der Waals surface area contributed by atoms with Crippen molar-refractivity contribution in [3.63, 3.8) is 0 Å². The Morgan fingerprint density at radius 1 is 1.05 bits per heavy atom. The van der Waals surface area contributed by atoms with E-state index < -0.39 is 0 Å². The third kappa shape index (κ3) is 2.28. The lowest BCUT2D eigenvalue weighted by Crippen LogP contribution is -2.06. The van der Waals surface area contributed by atoms with E-state index in [0.717, 1.165) is 17.8 Å². The van der Waals surface area contributed by atoms with Gasteiger partial charge in [0.1, 0.15) is 5.75 Å². The summed E-state index contributed by atoms with van der Waals surface area (Å²) in [7, 11) is 3.65. The van der Waals surface area contributed by atoms with Crippen LogP contribution in [0.25, 0.3) is 22.0 Å². The molecular formula is C17H18N2O. The molecule has 3 nitrogen and oxygen atoms in total. The van der Waals surface area contributed by atoms with Gasteiger partial charge in [0, 0.05) is 23.8 Å². The van der Waals surface area contributed by atoms with Gasteiger partial charge in [-0.25, -0.2) is 0 Å². The average molecular weight is 266 g/mol. The maximum Gasteiger partial charge on any atom is 0.123 e. The number of rotatable bonds is 4. The van der Waals surface area contributed by atoms with E-state index in [4.69, 9.17) is 4.74 Å². The van der Waals surface area contributed by atoms with Crippen LogP contribution >= 0.6 is 0 Å². The lowest BCUT2D eigenvalue weighted by molar-refractivity contribution is 0.408. The van der Waals surface area contributed by atoms with Crippen LogP contribution in [-0.4, -0.2) is 19.1 Å². The predicted octanol–water partition coefficient (Wildman–Crippen LogP) is 3.56. The number of benzene rings is 2. The van der Waals surface area contributed by atoms with Crippen LogP contribution in [0.15, 0.2) is 48.7 Å². The third-order valence-electron chi connectivity index (χ3n) is 3.53. The molecule has 0 amide bonds. The predicted molar refractivity (Wildman–Crippen MR) is 83.1 cm³/mol. The zero-order chi connectivity index (χ0) is 13.9. The van der Waals surface area contributed by atoms with E-state index >= 15 is 0 Å². The Labute approximate surface area is 118 Å². The second-order valence-electron chi connectivity index (χ2n) is 4.84. The first kappa shape index (κ1) is 12.8. The number of hydrogen-bond acceptors (Lipinski definition) is 2. The first-order valence-corrected chi connectivity index (χ1v) is 6.71. The van der Waals surface area contributed by atoms with E-state index in [1.807, 2.05) is 19.3 Å². The molecule has 102 valence electrons. The molecule has 3 rings (SSSR count). The Hall–Kier alpha value is -2.26. The van der Waals surface area contributed by atoms with Crippen LogP contribution in [-0.2, 0) is 6.54 Å². The molecule has 0 bridgehead atoms. The molecule has 3 aromatic rings. The van der Waals surface area contributed by atoms with Crippen molar-refractivity contribution < 1.29 is 4.74 Å². The van der Waals surface area contributed by atoms with E-state index in [0.29, 0.717) is 0 Å².